The first-order valence-electron chi connectivity index (χ1n) is 22.2. The normalized spacial score (nSPS) is 15.0. The molecule has 1 heteroatoms. The van der Waals surface area contributed by atoms with Crippen molar-refractivity contribution in [3.8, 4) is 39.1 Å². The van der Waals surface area contributed by atoms with E-state index in [4.69, 9.17) is 0 Å². The number of rotatable bonds is 4. The van der Waals surface area contributed by atoms with E-state index in [1.165, 1.54) is 127 Å². The second-order valence-corrected chi connectivity index (χ2v) is 17.5. The third kappa shape index (κ3) is 4.94. The van der Waals surface area contributed by atoms with Crippen molar-refractivity contribution in [2.75, 3.05) is 0 Å². The molecule has 1 nitrogen and oxygen atoms in total. The van der Waals surface area contributed by atoms with Crippen LogP contribution in [0.3, 0.4) is 0 Å². The van der Waals surface area contributed by atoms with Crippen molar-refractivity contribution in [3.05, 3.63) is 258 Å². The van der Waals surface area contributed by atoms with Gasteiger partial charge >= 0.3 is 0 Å². The molecule has 0 unspecified atom stereocenters. The Morgan fingerprint density at radius 3 is 1.30 bits per heavy atom. The quantitative estimate of drug-likeness (QED) is 0.156. The summed E-state index contributed by atoms with van der Waals surface area (Å²) >= 11 is 0. The molecule has 0 amide bonds. The van der Waals surface area contributed by atoms with E-state index >= 15 is 0 Å². The number of hydrogen-bond donors (Lipinski definition) is 0. The summed E-state index contributed by atoms with van der Waals surface area (Å²) < 4.78 is 2.44. The molecule has 0 aliphatic heterocycles. The predicted octanol–water partition coefficient (Wildman–Crippen LogP) is 16.2. The van der Waals surface area contributed by atoms with Gasteiger partial charge in [0.15, 0.2) is 0 Å². The molecule has 15 rings (SSSR count). The average Bonchev–Trinajstić information content (AvgIpc) is 3.69. The Bertz CT molecular complexity index is 3780. The fourth-order valence-corrected chi connectivity index (χ4v) is 11.7. The Morgan fingerprint density at radius 1 is 0.254 bits per heavy atom. The number of hydrogen-bond acceptors (Lipinski definition) is 0. The molecule has 2 bridgehead atoms. The smallest absolute Gasteiger partial charge is 0.0547 e. The zero-order valence-corrected chi connectivity index (χ0v) is 34.5. The van der Waals surface area contributed by atoms with Crippen LogP contribution in [0.5, 0.6) is 0 Å². The molecular weight excluding hydrogens is 759 g/mol. The van der Waals surface area contributed by atoms with Crippen LogP contribution < -0.4 is 0 Å². The van der Waals surface area contributed by atoms with E-state index in [2.05, 4.69) is 229 Å². The van der Waals surface area contributed by atoms with Gasteiger partial charge in [-0.1, -0.05) is 188 Å². The van der Waals surface area contributed by atoms with Crippen molar-refractivity contribution in [2.45, 2.75) is 11.8 Å². The first kappa shape index (κ1) is 34.7. The third-order valence-corrected chi connectivity index (χ3v) is 14.4. The molecule has 12 aromatic rings. The second-order valence-electron chi connectivity index (χ2n) is 17.5. The Labute approximate surface area is 365 Å². The maximum atomic E-state index is 2.45. The minimum absolute atomic E-state index is 0.120. The Morgan fingerprint density at radius 2 is 0.683 bits per heavy atom. The Kier molecular flexibility index (Phi) is 7.29. The molecule has 0 saturated heterocycles. The van der Waals surface area contributed by atoms with E-state index < -0.39 is 0 Å². The minimum atomic E-state index is 0.120. The van der Waals surface area contributed by atoms with Gasteiger partial charge in [0, 0.05) is 28.3 Å². The second kappa shape index (κ2) is 13.2. The van der Waals surface area contributed by atoms with Gasteiger partial charge in [0.25, 0.3) is 0 Å². The van der Waals surface area contributed by atoms with E-state index in [0.717, 1.165) is 0 Å². The zero-order valence-electron chi connectivity index (χ0n) is 34.5. The highest BCUT2D eigenvalue weighted by Gasteiger charge is 2.43. The number of benzene rings is 11. The first-order valence-corrected chi connectivity index (χ1v) is 22.2. The van der Waals surface area contributed by atoms with E-state index in [9.17, 15) is 0 Å². The van der Waals surface area contributed by atoms with Crippen LogP contribution in [-0.4, -0.2) is 4.57 Å². The van der Waals surface area contributed by atoms with Crippen molar-refractivity contribution in [2.24, 2.45) is 0 Å². The summed E-state index contributed by atoms with van der Waals surface area (Å²) in [5.41, 5.74) is 19.8. The van der Waals surface area contributed by atoms with Crippen molar-refractivity contribution in [1.82, 2.24) is 4.57 Å². The van der Waals surface area contributed by atoms with Crippen molar-refractivity contribution >= 4 is 54.1 Å². The fourth-order valence-electron chi connectivity index (χ4n) is 11.7. The summed E-state index contributed by atoms with van der Waals surface area (Å²) in [4.78, 5) is 0. The van der Waals surface area contributed by atoms with E-state index in [1.807, 2.05) is 0 Å². The Balaban J connectivity index is 1.000. The summed E-state index contributed by atoms with van der Waals surface area (Å²) in [6, 6.07) is 84.2. The molecule has 11 aromatic carbocycles. The van der Waals surface area contributed by atoms with Gasteiger partial charge in [-0.25, -0.2) is 0 Å². The molecule has 292 valence electrons. The van der Waals surface area contributed by atoms with Gasteiger partial charge in [-0.2, -0.15) is 0 Å². The number of nitrogens with zero attached hydrogens (tertiary/aromatic N) is 1. The van der Waals surface area contributed by atoms with Crippen molar-refractivity contribution < 1.29 is 0 Å². The molecular formula is C62H39N. The van der Waals surface area contributed by atoms with Crippen LogP contribution in [0, 0.1) is 0 Å². The Hall–Kier alpha value is -8.00. The molecule has 1 heterocycles. The van der Waals surface area contributed by atoms with Gasteiger partial charge in [-0.3, -0.25) is 0 Å². The highest BCUT2D eigenvalue weighted by Crippen LogP contribution is 2.60. The zero-order chi connectivity index (χ0) is 41.2. The molecule has 0 saturated carbocycles. The van der Waals surface area contributed by atoms with Crippen LogP contribution in [0.25, 0.3) is 93.2 Å². The van der Waals surface area contributed by atoms with Crippen LogP contribution in [0.1, 0.15) is 45.2 Å². The lowest BCUT2D eigenvalue weighted by molar-refractivity contribution is 0.758. The van der Waals surface area contributed by atoms with Gasteiger partial charge in [-0.15, -0.1) is 0 Å². The summed E-state index contributed by atoms with van der Waals surface area (Å²) in [5, 5.41) is 10.3. The molecule has 0 N–H and O–H groups in total. The van der Waals surface area contributed by atoms with Crippen molar-refractivity contribution in [1.29, 1.82) is 0 Å². The fraction of sp³-hybridized carbons (Fsp3) is 0.0323. The topological polar surface area (TPSA) is 4.93 Å². The third-order valence-electron chi connectivity index (χ3n) is 14.4. The number of aromatic nitrogens is 1. The lowest BCUT2D eigenvalue weighted by Crippen LogP contribution is -2.28. The maximum Gasteiger partial charge on any atom is 0.0547 e. The van der Waals surface area contributed by atoms with E-state index in [1.54, 1.807) is 0 Å². The average molecular weight is 798 g/mol. The SMILES string of the molecule is c1ccc(-n2c3ccccc3c3ccc(-c4ccc(-c5cccc(-c6ccc7c8ccccc8c8ccccc8c7c6)c5)c5c4C4c6ccccc6C5c5ccccc54)cc32)cc1. The highest BCUT2D eigenvalue weighted by atomic mass is 15.0. The maximum absolute atomic E-state index is 2.45. The van der Waals surface area contributed by atoms with Gasteiger partial charge in [-0.05, 0) is 135 Å². The monoisotopic (exact) mass is 797 g/mol. The summed E-state index contributed by atoms with van der Waals surface area (Å²) in [7, 11) is 0. The number of para-hydroxylation sites is 2. The van der Waals surface area contributed by atoms with Crippen LogP contribution in [0.4, 0.5) is 0 Å². The summed E-state index contributed by atoms with van der Waals surface area (Å²) in [5.74, 6) is 0.241. The first-order chi connectivity index (χ1) is 31.3. The minimum Gasteiger partial charge on any atom is -0.309 e. The van der Waals surface area contributed by atoms with Gasteiger partial charge in [0.1, 0.15) is 0 Å². The summed E-state index contributed by atoms with van der Waals surface area (Å²) in [6.45, 7) is 0. The lowest BCUT2D eigenvalue weighted by atomic mass is 9.58. The van der Waals surface area contributed by atoms with Crippen LogP contribution in [0.2, 0.25) is 0 Å². The van der Waals surface area contributed by atoms with Gasteiger partial charge in [0.2, 0.25) is 0 Å². The molecule has 3 aliphatic carbocycles. The molecule has 0 spiro atoms. The van der Waals surface area contributed by atoms with Gasteiger partial charge in [0.05, 0.1) is 11.0 Å². The molecule has 0 fully saturated rings. The van der Waals surface area contributed by atoms with Crippen LogP contribution in [0.15, 0.2) is 224 Å². The predicted molar refractivity (Wildman–Crippen MR) is 264 cm³/mol. The van der Waals surface area contributed by atoms with E-state index in [-0.39, 0.29) is 11.8 Å². The lowest BCUT2D eigenvalue weighted by Gasteiger charge is -2.44. The van der Waals surface area contributed by atoms with Crippen molar-refractivity contribution in [3.63, 3.8) is 0 Å². The van der Waals surface area contributed by atoms with Gasteiger partial charge < -0.3 is 4.57 Å². The van der Waals surface area contributed by atoms with E-state index in [0.29, 0.717) is 0 Å². The summed E-state index contributed by atoms with van der Waals surface area (Å²) in [6.07, 6.45) is 0. The molecule has 3 aliphatic rings. The molecule has 0 radical (unpaired) electrons. The molecule has 0 atom stereocenters. The highest BCUT2D eigenvalue weighted by molar-refractivity contribution is 6.25. The van der Waals surface area contributed by atoms with Crippen LogP contribution in [-0.2, 0) is 0 Å². The molecule has 1 aromatic heterocycles. The number of fused-ring (bicyclic) bond motifs is 9. The standard InChI is InChI=1S/C62H39N/c1-2-17-42(18-3-1)63-57-28-13-12-23-50(57)51-32-30-41(37-58(51)63)44-34-33-43(61-59-52-24-8-10-26-54(52)60(62(44)61)55-27-11-9-25-53(55)59)40-16-14-15-38(35-40)39-29-31-49-47-21-5-4-19-45(47)46-20-6-7-22-48(46)56(49)36-39/h1-37,59-60H. The largest absolute Gasteiger partial charge is 0.309 e. The van der Waals surface area contributed by atoms with Crippen LogP contribution >= 0.6 is 0 Å². The molecule has 63 heavy (non-hydrogen) atoms.